The molecule has 1 aliphatic rings. The van der Waals surface area contributed by atoms with E-state index in [2.05, 4.69) is 20.4 Å². The largest absolute Gasteiger partial charge is 0.435 e. The molecule has 0 unspecified atom stereocenters. The molecule has 0 heterocycles. The van der Waals surface area contributed by atoms with Crippen molar-refractivity contribution in [2.45, 2.75) is 32.9 Å². The molecule has 27 heavy (non-hydrogen) atoms. The number of ether oxygens (including phenoxy) is 1. The van der Waals surface area contributed by atoms with Crippen molar-refractivity contribution in [1.29, 1.82) is 0 Å². The van der Waals surface area contributed by atoms with Crippen LogP contribution in [-0.4, -0.2) is 50.1 Å². The Morgan fingerprint density at radius 3 is 2.52 bits per heavy atom. The normalized spacial score (nSPS) is 13.7. The quantitative estimate of drug-likeness (QED) is 0.239. The Morgan fingerprint density at radius 2 is 1.96 bits per heavy atom. The number of nitrogens with one attached hydrogen (secondary N) is 2. The van der Waals surface area contributed by atoms with Crippen LogP contribution in [0, 0.1) is 5.92 Å². The monoisotopic (exact) mass is 496 g/mol. The van der Waals surface area contributed by atoms with Crippen molar-refractivity contribution in [3.05, 3.63) is 29.8 Å². The summed E-state index contributed by atoms with van der Waals surface area (Å²) in [7, 11) is 1.90. The first kappa shape index (κ1) is 23.4. The number of rotatable bonds is 9. The van der Waals surface area contributed by atoms with E-state index in [0.717, 1.165) is 30.9 Å². The van der Waals surface area contributed by atoms with Gasteiger partial charge in [0.2, 0.25) is 5.91 Å². The zero-order chi connectivity index (χ0) is 18.9. The van der Waals surface area contributed by atoms with Gasteiger partial charge in [-0.15, -0.1) is 24.0 Å². The lowest BCUT2D eigenvalue weighted by atomic mass is 10.2. The van der Waals surface area contributed by atoms with Crippen LogP contribution in [-0.2, 0) is 11.3 Å². The molecule has 1 fully saturated rings. The fraction of sp³-hybridized carbons (Fsp3) is 0.556. The van der Waals surface area contributed by atoms with Crippen molar-refractivity contribution in [3.63, 3.8) is 0 Å². The number of hydrogen-bond acceptors (Lipinski definition) is 3. The number of halogens is 3. The molecule has 1 saturated carbocycles. The van der Waals surface area contributed by atoms with Gasteiger partial charge < -0.3 is 20.3 Å². The van der Waals surface area contributed by atoms with E-state index in [1.165, 1.54) is 12.1 Å². The van der Waals surface area contributed by atoms with Gasteiger partial charge in [0, 0.05) is 32.6 Å². The van der Waals surface area contributed by atoms with Crippen molar-refractivity contribution in [2.24, 2.45) is 10.9 Å². The van der Waals surface area contributed by atoms with Crippen molar-refractivity contribution < 1.29 is 18.3 Å². The van der Waals surface area contributed by atoms with Gasteiger partial charge in [-0.05, 0) is 37.5 Å². The van der Waals surface area contributed by atoms with E-state index in [4.69, 9.17) is 0 Å². The van der Waals surface area contributed by atoms with Gasteiger partial charge in [-0.25, -0.2) is 0 Å². The molecule has 0 saturated heterocycles. The molecular formula is C18H27F2IN4O2. The van der Waals surface area contributed by atoms with Crippen molar-refractivity contribution >= 4 is 35.8 Å². The van der Waals surface area contributed by atoms with Gasteiger partial charge in [-0.1, -0.05) is 12.1 Å². The number of benzene rings is 1. The number of carbonyl (C=O) groups excluding carboxylic acids is 1. The number of carbonyl (C=O) groups is 1. The first-order valence-electron chi connectivity index (χ1n) is 8.80. The number of guanidine groups is 1. The van der Waals surface area contributed by atoms with Gasteiger partial charge in [0.1, 0.15) is 5.75 Å². The van der Waals surface area contributed by atoms with Gasteiger partial charge >= 0.3 is 6.61 Å². The van der Waals surface area contributed by atoms with E-state index >= 15 is 0 Å². The fourth-order valence-electron chi connectivity index (χ4n) is 2.43. The lowest BCUT2D eigenvalue weighted by Gasteiger charge is -2.22. The van der Waals surface area contributed by atoms with Crippen LogP contribution in [0.2, 0.25) is 0 Å². The second-order valence-corrected chi connectivity index (χ2v) is 6.18. The molecule has 152 valence electrons. The molecular weight excluding hydrogens is 469 g/mol. The molecule has 6 nitrogen and oxygen atoms in total. The minimum absolute atomic E-state index is 0. The van der Waals surface area contributed by atoms with E-state index in [1.54, 1.807) is 12.1 Å². The molecule has 2 rings (SSSR count). The van der Waals surface area contributed by atoms with Crippen molar-refractivity contribution in [2.75, 3.05) is 26.7 Å². The molecule has 0 aliphatic heterocycles. The average Bonchev–Trinajstić information content (AvgIpc) is 3.43. The lowest BCUT2D eigenvalue weighted by Crippen LogP contribution is -2.39. The SMILES string of the molecule is CCNC(=NCCNC(=O)C1CC1)N(C)Cc1ccc(OC(F)F)cc1.I. The topological polar surface area (TPSA) is 66.0 Å². The van der Waals surface area contributed by atoms with E-state index in [0.29, 0.717) is 19.6 Å². The maximum atomic E-state index is 12.2. The Labute approximate surface area is 175 Å². The summed E-state index contributed by atoms with van der Waals surface area (Å²) in [4.78, 5) is 18.1. The smallest absolute Gasteiger partial charge is 0.387 e. The zero-order valence-electron chi connectivity index (χ0n) is 15.6. The predicted octanol–water partition coefficient (Wildman–Crippen LogP) is 2.83. The molecule has 0 spiro atoms. The third-order valence-corrected chi connectivity index (χ3v) is 3.89. The molecule has 0 radical (unpaired) electrons. The number of nitrogens with zero attached hydrogens (tertiary/aromatic N) is 2. The molecule has 1 aromatic carbocycles. The number of alkyl halides is 2. The standard InChI is InChI=1S/C18H26F2N4O2.HI/c1-3-21-18(23-11-10-22-16(25)14-6-7-14)24(2)12-13-4-8-15(9-5-13)26-17(19)20;/h4-5,8-9,14,17H,3,6-7,10-12H2,1-2H3,(H,21,23)(H,22,25);1H. The molecule has 0 bridgehead atoms. The molecule has 1 aromatic rings. The molecule has 9 heteroatoms. The summed E-state index contributed by atoms with van der Waals surface area (Å²) in [6.07, 6.45) is 1.98. The highest BCUT2D eigenvalue weighted by Crippen LogP contribution is 2.28. The zero-order valence-corrected chi connectivity index (χ0v) is 17.9. The Hall–Kier alpha value is -1.65. The summed E-state index contributed by atoms with van der Waals surface area (Å²) in [6.45, 7) is 1.45. The number of hydrogen-bond donors (Lipinski definition) is 2. The van der Waals surface area contributed by atoms with E-state index in [-0.39, 0.29) is 41.6 Å². The Morgan fingerprint density at radius 1 is 1.30 bits per heavy atom. The van der Waals surface area contributed by atoms with Crippen LogP contribution in [0.1, 0.15) is 25.3 Å². The van der Waals surface area contributed by atoms with Crippen LogP contribution in [0.4, 0.5) is 8.78 Å². The van der Waals surface area contributed by atoms with Gasteiger partial charge in [-0.3, -0.25) is 9.79 Å². The second-order valence-electron chi connectivity index (χ2n) is 6.18. The maximum Gasteiger partial charge on any atom is 0.387 e. The average molecular weight is 496 g/mol. The Bertz CT molecular complexity index is 610. The van der Waals surface area contributed by atoms with Crippen LogP contribution in [0.25, 0.3) is 0 Å². The van der Waals surface area contributed by atoms with Gasteiger partial charge in [-0.2, -0.15) is 8.78 Å². The van der Waals surface area contributed by atoms with E-state index < -0.39 is 6.61 Å². The highest BCUT2D eigenvalue weighted by molar-refractivity contribution is 14.0. The summed E-state index contributed by atoms with van der Waals surface area (Å²) in [5.74, 6) is 1.18. The molecule has 0 aromatic heterocycles. The predicted molar refractivity (Wildman–Crippen MR) is 112 cm³/mol. The lowest BCUT2D eigenvalue weighted by molar-refractivity contribution is -0.122. The van der Waals surface area contributed by atoms with Crippen molar-refractivity contribution in [3.8, 4) is 5.75 Å². The summed E-state index contributed by atoms with van der Waals surface area (Å²) in [6, 6.07) is 6.53. The molecule has 1 aliphatic carbocycles. The first-order valence-corrected chi connectivity index (χ1v) is 8.80. The van der Waals surface area contributed by atoms with Crippen LogP contribution in [0.15, 0.2) is 29.3 Å². The molecule has 2 N–H and O–H groups in total. The summed E-state index contributed by atoms with van der Waals surface area (Å²) in [5.41, 5.74) is 0.946. The summed E-state index contributed by atoms with van der Waals surface area (Å²) >= 11 is 0. The Balaban J connectivity index is 0.00000364. The third-order valence-electron chi connectivity index (χ3n) is 3.89. The van der Waals surface area contributed by atoms with Gasteiger partial charge in [0.25, 0.3) is 0 Å². The van der Waals surface area contributed by atoms with Crippen LogP contribution < -0.4 is 15.4 Å². The van der Waals surface area contributed by atoms with Crippen LogP contribution in [0.3, 0.4) is 0 Å². The van der Waals surface area contributed by atoms with Crippen LogP contribution in [0.5, 0.6) is 5.75 Å². The van der Waals surface area contributed by atoms with E-state index in [1.807, 2.05) is 18.9 Å². The fourth-order valence-corrected chi connectivity index (χ4v) is 2.43. The molecule has 0 atom stereocenters. The first-order chi connectivity index (χ1) is 12.5. The summed E-state index contributed by atoms with van der Waals surface area (Å²) in [5, 5.41) is 6.09. The third kappa shape index (κ3) is 8.72. The number of aliphatic imine (C=N–C) groups is 1. The van der Waals surface area contributed by atoms with Gasteiger partial charge in [0.15, 0.2) is 5.96 Å². The minimum Gasteiger partial charge on any atom is -0.435 e. The van der Waals surface area contributed by atoms with E-state index in [9.17, 15) is 13.6 Å². The maximum absolute atomic E-state index is 12.2. The van der Waals surface area contributed by atoms with Crippen molar-refractivity contribution in [1.82, 2.24) is 15.5 Å². The second kappa shape index (κ2) is 11.9. The summed E-state index contributed by atoms with van der Waals surface area (Å²) < 4.78 is 28.7. The highest BCUT2D eigenvalue weighted by Gasteiger charge is 2.28. The van der Waals surface area contributed by atoms with Crippen LogP contribution >= 0.6 is 24.0 Å². The highest BCUT2D eigenvalue weighted by atomic mass is 127. The number of amides is 1. The van der Waals surface area contributed by atoms with Gasteiger partial charge in [0.05, 0.1) is 6.54 Å². The minimum atomic E-state index is -2.82. The Kier molecular flexibility index (Phi) is 10.3. The molecule has 1 amide bonds.